The molecule has 2 rings (SSSR count). The fourth-order valence-electron chi connectivity index (χ4n) is 2.87. The van der Waals surface area contributed by atoms with Crippen molar-refractivity contribution in [1.29, 1.82) is 0 Å². The molecule has 0 unspecified atom stereocenters. The van der Waals surface area contributed by atoms with Crippen molar-refractivity contribution < 1.29 is 4.79 Å². The number of nitrogens with two attached hydrogens (primary N) is 1. The van der Waals surface area contributed by atoms with Gasteiger partial charge in [0.2, 0.25) is 0 Å². The third kappa shape index (κ3) is 3.05. The third-order valence-corrected chi connectivity index (χ3v) is 4.48. The van der Waals surface area contributed by atoms with Crippen LogP contribution in [0.2, 0.25) is 0 Å². The van der Waals surface area contributed by atoms with Crippen molar-refractivity contribution in [3.05, 3.63) is 46.1 Å². The molecule has 0 aliphatic heterocycles. The first-order valence-electron chi connectivity index (χ1n) is 7.27. The lowest BCUT2D eigenvalue weighted by Gasteiger charge is -2.21. The van der Waals surface area contributed by atoms with Gasteiger partial charge in [-0.2, -0.15) is 0 Å². The lowest BCUT2D eigenvalue weighted by molar-refractivity contribution is 0.0999. The van der Waals surface area contributed by atoms with E-state index in [1.54, 1.807) is 0 Å². The number of carbonyl (C=O) groups is 1. The second kappa shape index (κ2) is 6.48. The van der Waals surface area contributed by atoms with Crippen molar-refractivity contribution in [1.82, 2.24) is 4.57 Å². The van der Waals surface area contributed by atoms with Crippen LogP contribution in [-0.4, -0.2) is 10.5 Å². The summed E-state index contributed by atoms with van der Waals surface area (Å²) in [5.74, 6) is -0.367. The van der Waals surface area contributed by atoms with E-state index in [1.807, 2.05) is 25.1 Å². The quantitative estimate of drug-likeness (QED) is 0.837. The normalized spacial score (nSPS) is 11.1. The molecule has 112 valence electrons. The van der Waals surface area contributed by atoms with E-state index in [2.05, 4.69) is 46.5 Å². The van der Waals surface area contributed by atoms with E-state index in [0.717, 1.165) is 34.3 Å². The van der Waals surface area contributed by atoms with Gasteiger partial charge in [0.25, 0.3) is 5.91 Å². The first-order chi connectivity index (χ1) is 9.99. The van der Waals surface area contributed by atoms with E-state index >= 15 is 0 Å². The molecule has 0 aliphatic rings. The number of carbonyl (C=O) groups excluding carboxylic acids is 1. The van der Waals surface area contributed by atoms with Crippen LogP contribution in [0.15, 0.2) is 34.8 Å². The fraction of sp³-hybridized carbons (Fsp3) is 0.353. The second-order valence-corrected chi connectivity index (χ2v) is 6.16. The Morgan fingerprint density at radius 3 is 2.48 bits per heavy atom. The van der Waals surface area contributed by atoms with Crippen LogP contribution in [0, 0.1) is 6.92 Å². The van der Waals surface area contributed by atoms with Gasteiger partial charge in [0, 0.05) is 21.9 Å². The molecule has 2 aromatic rings. The average molecular weight is 349 g/mol. The Bertz CT molecular complexity index is 657. The summed E-state index contributed by atoms with van der Waals surface area (Å²) in [7, 11) is 0. The van der Waals surface area contributed by atoms with Crippen LogP contribution >= 0.6 is 15.9 Å². The number of primary amides is 1. The number of amides is 1. The lowest BCUT2D eigenvalue weighted by Crippen LogP contribution is -2.14. The van der Waals surface area contributed by atoms with Gasteiger partial charge in [-0.15, -0.1) is 0 Å². The molecule has 0 bridgehead atoms. The monoisotopic (exact) mass is 348 g/mol. The third-order valence-electron chi connectivity index (χ3n) is 3.99. The zero-order chi connectivity index (χ0) is 15.6. The predicted molar refractivity (Wildman–Crippen MR) is 90.4 cm³/mol. The standard InChI is InChI=1S/C17H21BrN2O/c1-4-14(5-2)20-11(3)15(17(19)21)10-16(20)12-7-6-8-13(18)9-12/h6-10,14H,4-5H2,1-3H3,(H2,19,21). The molecule has 1 aromatic carbocycles. The largest absolute Gasteiger partial charge is 0.366 e. The number of rotatable bonds is 5. The van der Waals surface area contributed by atoms with Gasteiger partial charge in [-0.25, -0.2) is 0 Å². The predicted octanol–water partition coefficient (Wildman–Crippen LogP) is 4.69. The highest BCUT2D eigenvalue weighted by Crippen LogP contribution is 2.32. The molecular weight excluding hydrogens is 328 g/mol. The Morgan fingerprint density at radius 2 is 1.95 bits per heavy atom. The highest BCUT2D eigenvalue weighted by atomic mass is 79.9. The molecule has 1 amide bonds. The molecule has 0 radical (unpaired) electrons. The van der Waals surface area contributed by atoms with Gasteiger partial charge in [0.05, 0.1) is 5.56 Å². The smallest absolute Gasteiger partial charge is 0.250 e. The van der Waals surface area contributed by atoms with E-state index < -0.39 is 0 Å². The zero-order valence-electron chi connectivity index (χ0n) is 12.7. The molecule has 21 heavy (non-hydrogen) atoms. The SMILES string of the molecule is CCC(CC)n1c(-c2cccc(Br)c2)cc(C(N)=O)c1C. The number of aromatic nitrogens is 1. The number of nitrogens with zero attached hydrogens (tertiary/aromatic N) is 1. The van der Waals surface area contributed by atoms with E-state index in [4.69, 9.17) is 5.73 Å². The molecule has 1 aromatic heterocycles. The van der Waals surface area contributed by atoms with Crippen LogP contribution in [0.5, 0.6) is 0 Å². The summed E-state index contributed by atoms with van der Waals surface area (Å²) >= 11 is 3.51. The van der Waals surface area contributed by atoms with Crippen LogP contribution in [0.4, 0.5) is 0 Å². The Hall–Kier alpha value is -1.55. The molecule has 3 nitrogen and oxygen atoms in total. The molecule has 0 saturated heterocycles. The van der Waals surface area contributed by atoms with Crippen LogP contribution in [0.3, 0.4) is 0 Å². The van der Waals surface area contributed by atoms with E-state index in [9.17, 15) is 4.79 Å². The lowest BCUT2D eigenvalue weighted by atomic mass is 10.1. The molecular formula is C17H21BrN2O. The first kappa shape index (κ1) is 15.8. The van der Waals surface area contributed by atoms with Crippen molar-refractivity contribution in [3.8, 4) is 11.3 Å². The number of halogens is 1. The summed E-state index contributed by atoms with van der Waals surface area (Å²) < 4.78 is 3.28. The Kier molecular flexibility index (Phi) is 4.88. The molecule has 0 spiro atoms. The van der Waals surface area contributed by atoms with Crippen molar-refractivity contribution in [2.75, 3.05) is 0 Å². The summed E-state index contributed by atoms with van der Waals surface area (Å²) in [5.41, 5.74) is 9.23. The van der Waals surface area contributed by atoms with E-state index in [0.29, 0.717) is 11.6 Å². The fourth-order valence-corrected chi connectivity index (χ4v) is 3.26. The van der Waals surface area contributed by atoms with Gasteiger partial charge >= 0.3 is 0 Å². The topological polar surface area (TPSA) is 48.0 Å². The molecule has 4 heteroatoms. The minimum atomic E-state index is -0.367. The van der Waals surface area contributed by atoms with Crippen LogP contribution in [0.25, 0.3) is 11.3 Å². The highest BCUT2D eigenvalue weighted by molar-refractivity contribution is 9.10. The first-order valence-corrected chi connectivity index (χ1v) is 8.06. The molecule has 0 saturated carbocycles. The molecule has 1 heterocycles. The summed E-state index contributed by atoms with van der Waals surface area (Å²) in [6.45, 7) is 6.31. The molecule has 0 atom stereocenters. The maximum Gasteiger partial charge on any atom is 0.250 e. The van der Waals surface area contributed by atoms with E-state index in [1.165, 1.54) is 0 Å². The van der Waals surface area contributed by atoms with Gasteiger partial charge < -0.3 is 10.3 Å². The minimum Gasteiger partial charge on any atom is -0.366 e. The van der Waals surface area contributed by atoms with Crippen molar-refractivity contribution in [3.63, 3.8) is 0 Å². The number of hydrogen-bond donors (Lipinski definition) is 1. The average Bonchev–Trinajstić information content (AvgIpc) is 2.79. The summed E-state index contributed by atoms with van der Waals surface area (Å²) in [5, 5.41) is 0. The van der Waals surface area contributed by atoms with E-state index in [-0.39, 0.29) is 5.91 Å². The Morgan fingerprint density at radius 1 is 1.29 bits per heavy atom. The second-order valence-electron chi connectivity index (χ2n) is 5.24. The van der Waals surface area contributed by atoms with Gasteiger partial charge in [-0.1, -0.05) is 41.9 Å². The van der Waals surface area contributed by atoms with Crippen LogP contribution in [-0.2, 0) is 0 Å². The number of benzene rings is 1. The maximum absolute atomic E-state index is 11.7. The molecule has 0 fully saturated rings. The molecule has 0 aliphatic carbocycles. The summed E-state index contributed by atoms with van der Waals surface area (Å²) in [6.07, 6.45) is 2.04. The zero-order valence-corrected chi connectivity index (χ0v) is 14.3. The summed E-state index contributed by atoms with van der Waals surface area (Å²) in [4.78, 5) is 11.7. The van der Waals surface area contributed by atoms with Crippen LogP contribution < -0.4 is 5.73 Å². The van der Waals surface area contributed by atoms with Crippen LogP contribution in [0.1, 0.15) is 48.8 Å². The highest BCUT2D eigenvalue weighted by Gasteiger charge is 2.20. The van der Waals surface area contributed by atoms with Crippen molar-refractivity contribution >= 4 is 21.8 Å². The Labute approximate surface area is 134 Å². The summed E-state index contributed by atoms with van der Waals surface area (Å²) in [6, 6.07) is 10.4. The van der Waals surface area contributed by atoms with Gasteiger partial charge in [0.1, 0.15) is 0 Å². The minimum absolute atomic E-state index is 0.367. The Balaban J connectivity index is 2.69. The van der Waals surface area contributed by atoms with Gasteiger partial charge in [-0.3, -0.25) is 4.79 Å². The number of hydrogen-bond acceptors (Lipinski definition) is 1. The van der Waals surface area contributed by atoms with Gasteiger partial charge in [0.15, 0.2) is 0 Å². The molecule has 2 N–H and O–H groups in total. The van der Waals surface area contributed by atoms with Crippen molar-refractivity contribution in [2.45, 2.75) is 39.7 Å². The van der Waals surface area contributed by atoms with Gasteiger partial charge in [-0.05, 0) is 43.5 Å². The van der Waals surface area contributed by atoms with Crippen molar-refractivity contribution in [2.24, 2.45) is 5.73 Å². The maximum atomic E-state index is 11.7.